The lowest BCUT2D eigenvalue weighted by Crippen LogP contribution is -2.34. The summed E-state index contributed by atoms with van der Waals surface area (Å²) in [7, 11) is 0. The molecule has 0 bridgehead atoms. The minimum absolute atomic E-state index is 0.0466. The molecule has 2 aromatic carbocycles. The van der Waals surface area contributed by atoms with E-state index < -0.39 is 0 Å². The van der Waals surface area contributed by atoms with E-state index in [0.29, 0.717) is 23.1 Å². The molecule has 2 aliphatic heterocycles. The van der Waals surface area contributed by atoms with E-state index in [0.717, 1.165) is 39.1 Å². The summed E-state index contributed by atoms with van der Waals surface area (Å²) >= 11 is 0. The minimum atomic E-state index is -0.333. The second-order valence-corrected chi connectivity index (χ2v) is 9.13. The summed E-state index contributed by atoms with van der Waals surface area (Å²) in [6, 6.07) is 16.1. The second-order valence-electron chi connectivity index (χ2n) is 9.13. The van der Waals surface area contributed by atoms with Gasteiger partial charge in [-0.25, -0.2) is 9.07 Å². The van der Waals surface area contributed by atoms with Gasteiger partial charge in [0.1, 0.15) is 17.2 Å². The van der Waals surface area contributed by atoms with Gasteiger partial charge in [-0.1, -0.05) is 30.3 Å². The first-order chi connectivity index (χ1) is 16.0. The van der Waals surface area contributed by atoms with Crippen LogP contribution >= 0.6 is 0 Å². The molecule has 2 saturated heterocycles. The Morgan fingerprint density at radius 2 is 1.70 bits per heavy atom. The van der Waals surface area contributed by atoms with Crippen LogP contribution in [0.5, 0.6) is 0 Å². The molecule has 0 saturated carbocycles. The number of hydrogen-bond acceptors (Lipinski definition) is 5. The van der Waals surface area contributed by atoms with Crippen LogP contribution in [-0.2, 0) is 0 Å². The third-order valence-corrected chi connectivity index (χ3v) is 6.94. The van der Waals surface area contributed by atoms with Gasteiger partial charge in [-0.3, -0.25) is 4.79 Å². The van der Waals surface area contributed by atoms with Crippen LogP contribution in [0.4, 0.5) is 10.2 Å². The van der Waals surface area contributed by atoms with Crippen LogP contribution in [0.1, 0.15) is 28.4 Å². The number of hydrogen-bond donors (Lipinski definition) is 2. The number of likely N-dealkylation sites (tertiary alicyclic amines) is 2. The molecule has 172 valence electrons. The highest BCUT2D eigenvalue weighted by Gasteiger charge is 2.42. The van der Waals surface area contributed by atoms with Crippen molar-refractivity contribution in [3.8, 4) is 5.69 Å². The van der Waals surface area contributed by atoms with Gasteiger partial charge in [0.2, 0.25) is 0 Å². The predicted octanol–water partition coefficient (Wildman–Crippen LogP) is 2.69. The molecule has 5 rings (SSSR count). The number of nitrogens with zero attached hydrogens (tertiary/aromatic N) is 4. The zero-order valence-corrected chi connectivity index (χ0v) is 18.5. The van der Waals surface area contributed by atoms with Crippen molar-refractivity contribution in [2.45, 2.75) is 12.5 Å². The SMILES string of the molecule is Nc1c(C(=O)N2CC3CN(CC[C@H](N)c4ccccc4)CC3C2)cnn1-c1ccc(F)cc1. The van der Waals surface area contributed by atoms with Gasteiger partial charge in [-0.15, -0.1) is 0 Å². The molecule has 1 amide bonds. The molecule has 0 spiro atoms. The topological polar surface area (TPSA) is 93.4 Å². The number of benzene rings is 2. The third kappa shape index (κ3) is 4.36. The first-order valence-electron chi connectivity index (χ1n) is 11.4. The van der Waals surface area contributed by atoms with E-state index in [1.165, 1.54) is 28.6 Å². The van der Waals surface area contributed by atoms with Gasteiger partial charge in [0.25, 0.3) is 5.91 Å². The van der Waals surface area contributed by atoms with Gasteiger partial charge >= 0.3 is 0 Å². The first kappa shape index (κ1) is 21.6. The van der Waals surface area contributed by atoms with Gasteiger partial charge in [-0.05, 0) is 54.6 Å². The molecule has 7 nitrogen and oxygen atoms in total. The average molecular weight is 449 g/mol. The van der Waals surface area contributed by atoms with Crippen LogP contribution in [0.15, 0.2) is 60.8 Å². The quantitative estimate of drug-likeness (QED) is 0.605. The van der Waals surface area contributed by atoms with E-state index in [1.54, 1.807) is 12.1 Å². The standard InChI is InChI=1S/C25H29FN6O/c26-20-6-8-21(9-7-20)32-24(28)22(12-29-32)25(33)31-15-18-13-30(14-19(18)16-31)11-10-23(27)17-4-2-1-3-5-17/h1-9,12,18-19,23H,10-11,13-16,27-28H2/t18?,19?,23-/m0/s1. The Bertz CT molecular complexity index is 1100. The Morgan fingerprint density at radius 1 is 1.03 bits per heavy atom. The fourth-order valence-electron chi connectivity index (χ4n) is 5.11. The van der Waals surface area contributed by atoms with Crippen molar-refractivity contribution < 1.29 is 9.18 Å². The molecule has 2 aliphatic rings. The van der Waals surface area contributed by atoms with Crippen molar-refractivity contribution in [3.63, 3.8) is 0 Å². The molecule has 4 N–H and O–H groups in total. The Balaban J connectivity index is 1.17. The van der Waals surface area contributed by atoms with Crippen molar-refractivity contribution >= 4 is 11.7 Å². The number of carbonyl (C=O) groups excluding carboxylic acids is 1. The number of amides is 1. The molecular weight excluding hydrogens is 419 g/mol. The van der Waals surface area contributed by atoms with E-state index >= 15 is 0 Å². The number of anilines is 1. The highest BCUT2D eigenvalue weighted by Crippen LogP contribution is 2.33. The summed E-state index contributed by atoms with van der Waals surface area (Å²) < 4.78 is 14.7. The Labute approximate surface area is 192 Å². The van der Waals surface area contributed by atoms with Gasteiger partial charge in [0.05, 0.1) is 11.9 Å². The zero-order valence-electron chi connectivity index (χ0n) is 18.5. The molecule has 8 heteroatoms. The molecule has 2 unspecified atom stereocenters. The van der Waals surface area contributed by atoms with Crippen molar-refractivity contribution in [1.29, 1.82) is 0 Å². The lowest BCUT2D eigenvalue weighted by atomic mass is 10.0. The molecule has 0 aliphatic carbocycles. The fourth-order valence-corrected chi connectivity index (χ4v) is 5.11. The molecule has 33 heavy (non-hydrogen) atoms. The summed E-state index contributed by atoms with van der Waals surface area (Å²) in [5.41, 5.74) is 14.8. The van der Waals surface area contributed by atoms with Crippen molar-refractivity contribution in [2.24, 2.45) is 17.6 Å². The number of fused-ring (bicyclic) bond motifs is 1. The maximum Gasteiger partial charge on any atom is 0.259 e. The van der Waals surface area contributed by atoms with Crippen LogP contribution < -0.4 is 11.5 Å². The number of rotatable bonds is 6. The lowest BCUT2D eigenvalue weighted by Gasteiger charge is -2.23. The molecule has 3 heterocycles. The third-order valence-electron chi connectivity index (χ3n) is 6.94. The molecule has 1 aromatic heterocycles. The van der Waals surface area contributed by atoms with Crippen molar-refractivity contribution in [2.75, 3.05) is 38.5 Å². The van der Waals surface area contributed by atoms with Gasteiger partial charge in [-0.2, -0.15) is 5.10 Å². The summed E-state index contributed by atoms with van der Waals surface area (Å²) in [6.45, 7) is 4.40. The van der Waals surface area contributed by atoms with Crippen LogP contribution in [-0.4, -0.2) is 58.2 Å². The molecule has 3 aromatic rings. The van der Waals surface area contributed by atoms with E-state index in [4.69, 9.17) is 11.5 Å². The molecule has 2 fully saturated rings. The van der Waals surface area contributed by atoms with E-state index in [9.17, 15) is 9.18 Å². The first-order valence-corrected chi connectivity index (χ1v) is 11.4. The van der Waals surface area contributed by atoms with E-state index in [-0.39, 0.29) is 23.6 Å². The van der Waals surface area contributed by atoms with Gasteiger partial charge in [0, 0.05) is 32.2 Å². The van der Waals surface area contributed by atoms with Crippen molar-refractivity contribution in [1.82, 2.24) is 19.6 Å². The summed E-state index contributed by atoms with van der Waals surface area (Å²) in [6.07, 6.45) is 2.43. The Hall–Kier alpha value is -3.23. The molecule has 3 atom stereocenters. The number of nitrogens with two attached hydrogens (primary N) is 2. The number of carbonyl (C=O) groups is 1. The van der Waals surface area contributed by atoms with Crippen LogP contribution in [0.2, 0.25) is 0 Å². The predicted molar refractivity (Wildman–Crippen MR) is 125 cm³/mol. The number of aromatic nitrogens is 2. The monoisotopic (exact) mass is 448 g/mol. The second kappa shape index (κ2) is 8.96. The number of halogens is 1. The summed E-state index contributed by atoms with van der Waals surface area (Å²) in [5, 5.41) is 4.26. The zero-order chi connectivity index (χ0) is 22.9. The van der Waals surface area contributed by atoms with E-state index in [2.05, 4.69) is 22.1 Å². The Kier molecular flexibility index (Phi) is 5.86. The van der Waals surface area contributed by atoms with Crippen LogP contribution in [0, 0.1) is 17.7 Å². The van der Waals surface area contributed by atoms with E-state index in [1.807, 2.05) is 23.1 Å². The van der Waals surface area contributed by atoms with Gasteiger partial charge < -0.3 is 21.3 Å². The minimum Gasteiger partial charge on any atom is -0.383 e. The van der Waals surface area contributed by atoms with Crippen LogP contribution in [0.3, 0.4) is 0 Å². The highest BCUT2D eigenvalue weighted by atomic mass is 19.1. The summed E-state index contributed by atoms with van der Waals surface area (Å²) in [4.78, 5) is 17.5. The number of nitrogen functional groups attached to an aromatic ring is 1. The fraction of sp³-hybridized carbons (Fsp3) is 0.360. The lowest BCUT2D eigenvalue weighted by molar-refractivity contribution is 0.0775. The van der Waals surface area contributed by atoms with Crippen LogP contribution in [0.25, 0.3) is 5.69 Å². The average Bonchev–Trinajstić information content (AvgIpc) is 3.51. The smallest absolute Gasteiger partial charge is 0.259 e. The van der Waals surface area contributed by atoms with Gasteiger partial charge in [0.15, 0.2) is 0 Å². The molecular formula is C25H29FN6O. The Morgan fingerprint density at radius 3 is 2.36 bits per heavy atom. The maximum atomic E-state index is 13.2. The normalized spacial score (nSPS) is 21.3. The summed E-state index contributed by atoms with van der Waals surface area (Å²) in [5.74, 6) is 0.791. The molecule has 0 radical (unpaired) electrons. The van der Waals surface area contributed by atoms with Crippen molar-refractivity contribution in [3.05, 3.63) is 77.7 Å². The maximum absolute atomic E-state index is 13.2. The highest BCUT2D eigenvalue weighted by molar-refractivity contribution is 5.98. The largest absolute Gasteiger partial charge is 0.383 e.